The fraction of sp³-hybridized carbons (Fsp3) is 0.786. The molecule has 3 nitrogen and oxygen atoms in total. The van der Waals surface area contributed by atoms with Crippen LogP contribution in [0.25, 0.3) is 0 Å². The summed E-state index contributed by atoms with van der Waals surface area (Å²) in [6, 6.07) is 2.79. The molecular formula is C14H27N3S. The van der Waals surface area contributed by atoms with Crippen LogP contribution in [0.2, 0.25) is 0 Å². The van der Waals surface area contributed by atoms with Crippen molar-refractivity contribution in [3.8, 4) is 0 Å². The molecule has 0 saturated carbocycles. The van der Waals surface area contributed by atoms with Gasteiger partial charge in [-0.05, 0) is 31.7 Å². The quantitative estimate of drug-likeness (QED) is 0.787. The van der Waals surface area contributed by atoms with Gasteiger partial charge in [0.2, 0.25) is 0 Å². The SMILES string of the molecule is CCc1cc(CC(CSC(C)C)NC)n(CC)n1. The third kappa shape index (κ3) is 4.65. The van der Waals surface area contributed by atoms with Crippen LogP contribution in [-0.2, 0) is 19.4 Å². The number of hydrogen-bond donors (Lipinski definition) is 1. The van der Waals surface area contributed by atoms with Crippen molar-refractivity contribution in [2.45, 2.75) is 58.4 Å². The molecule has 1 N–H and O–H groups in total. The lowest BCUT2D eigenvalue weighted by Crippen LogP contribution is -2.31. The van der Waals surface area contributed by atoms with E-state index in [0.717, 1.165) is 25.1 Å². The summed E-state index contributed by atoms with van der Waals surface area (Å²) in [5.74, 6) is 1.16. The highest BCUT2D eigenvalue weighted by molar-refractivity contribution is 7.99. The summed E-state index contributed by atoms with van der Waals surface area (Å²) >= 11 is 2.02. The highest BCUT2D eigenvalue weighted by atomic mass is 32.2. The van der Waals surface area contributed by atoms with E-state index in [1.54, 1.807) is 0 Å². The van der Waals surface area contributed by atoms with E-state index >= 15 is 0 Å². The average Bonchev–Trinajstić information content (AvgIpc) is 2.76. The Kier molecular flexibility index (Phi) is 6.79. The number of thioether (sulfide) groups is 1. The zero-order valence-corrected chi connectivity index (χ0v) is 13.2. The molecule has 0 aliphatic carbocycles. The molecule has 0 radical (unpaired) electrons. The first-order valence-corrected chi connectivity index (χ1v) is 8.00. The first-order chi connectivity index (χ1) is 8.60. The minimum Gasteiger partial charge on any atom is -0.316 e. The number of likely N-dealkylation sites (N-methyl/N-ethyl adjacent to an activating group) is 1. The minimum absolute atomic E-state index is 0.532. The fourth-order valence-electron chi connectivity index (χ4n) is 1.93. The van der Waals surface area contributed by atoms with Crippen molar-refractivity contribution < 1.29 is 0 Å². The molecule has 0 amide bonds. The second kappa shape index (κ2) is 7.85. The van der Waals surface area contributed by atoms with E-state index in [4.69, 9.17) is 0 Å². The molecule has 1 aromatic rings. The second-order valence-corrected chi connectivity index (χ2v) is 6.48. The monoisotopic (exact) mass is 269 g/mol. The molecule has 0 spiro atoms. The Labute approximate surface area is 116 Å². The Morgan fingerprint density at radius 2 is 2.11 bits per heavy atom. The summed E-state index contributed by atoms with van der Waals surface area (Å²) in [5, 5.41) is 8.73. The maximum absolute atomic E-state index is 4.61. The van der Waals surface area contributed by atoms with Crippen LogP contribution in [-0.4, -0.2) is 33.9 Å². The molecule has 0 bridgehead atoms. The Balaban J connectivity index is 2.65. The molecule has 4 heteroatoms. The molecule has 0 fully saturated rings. The number of hydrogen-bond acceptors (Lipinski definition) is 3. The van der Waals surface area contributed by atoms with Gasteiger partial charge in [-0.1, -0.05) is 20.8 Å². The van der Waals surface area contributed by atoms with Crippen LogP contribution in [0, 0.1) is 0 Å². The van der Waals surface area contributed by atoms with Gasteiger partial charge >= 0.3 is 0 Å². The molecule has 18 heavy (non-hydrogen) atoms. The van der Waals surface area contributed by atoms with Crippen molar-refractivity contribution in [3.63, 3.8) is 0 Å². The maximum Gasteiger partial charge on any atom is 0.0624 e. The summed E-state index contributed by atoms with van der Waals surface area (Å²) in [7, 11) is 2.05. The normalized spacial score (nSPS) is 13.2. The van der Waals surface area contributed by atoms with Crippen molar-refractivity contribution in [2.75, 3.05) is 12.8 Å². The van der Waals surface area contributed by atoms with Crippen LogP contribution in [0.15, 0.2) is 6.07 Å². The van der Waals surface area contributed by atoms with Gasteiger partial charge < -0.3 is 5.32 Å². The standard InChI is InChI=1S/C14H27N3S/c1-6-12-8-14(17(7-2)16-12)9-13(15-5)10-18-11(3)4/h8,11,13,15H,6-7,9-10H2,1-5H3. The lowest BCUT2D eigenvalue weighted by Gasteiger charge is -2.17. The largest absolute Gasteiger partial charge is 0.316 e. The molecule has 1 rings (SSSR count). The summed E-state index contributed by atoms with van der Waals surface area (Å²) in [6.45, 7) is 9.79. The zero-order valence-electron chi connectivity index (χ0n) is 12.4. The van der Waals surface area contributed by atoms with Gasteiger partial charge in [-0.15, -0.1) is 0 Å². The van der Waals surface area contributed by atoms with Crippen LogP contribution in [0.5, 0.6) is 0 Å². The number of aryl methyl sites for hydroxylation is 2. The van der Waals surface area contributed by atoms with Gasteiger partial charge in [0.05, 0.1) is 5.69 Å². The predicted octanol–water partition coefficient (Wildman–Crippen LogP) is 2.74. The summed E-state index contributed by atoms with van der Waals surface area (Å²) in [6.07, 6.45) is 2.09. The van der Waals surface area contributed by atoms with E-state index in [0.29, 0.717) is 11.3 Å². The molecule has 0 aliphatic rings. The van der Waals surface area contributed by atoms with E-state index in [1.165, 1.54) is 11.4 Å². The Morgan fingerprint density at radius 3 is 2.61 bits per heavy atom. The average molecular weight is 269 g/mol. The molecule has 0 saturated heterocycles. The smallest absolute Gasteiger partial charge is 0.0624 e. The summed E-state index contributed by atoms with van der Waals surface area (Å²) in [5.41, 5.74) is 2.57. The van der Waals surface area contributed by atoms with Gasteiger partial charge in [-0.2, -0.15) is 16.9 Å². The maximum atomic E-state index is 4.61. The van der Waals surface area contributed by atoms with Gasteiger partial charge in [-0.25, -0.2) is 0 Å². The van der Waals surface area contributed by atoms with Crippen molar-refractivity contribution in [3.05, 3.63) is 17.5 Å². The zero-order chi connectivity index (χ0) is 13.5. The summed E-state index contributed by atoms with van der Waals surface area (Å²) in [4.78, 5) is 0. The molecule has 0 aromatic carbocycles. The molecule has 0 aliphatic heterocycles. The van der Waals surface area contributed by atoms with E-state index < -0.39 is 0 Å². The molecule has 1 atom stereocenters. The minimum atomic E-state index is 0.532. The molecule has 1 aromatic heterocycles. The van der Waals surface area contributed by atoms with Crippen molar-refractivity contribution >= 4 is 11.8 Å². The summed E-state index contributed by atoms with van der Waals surface area (Å²) < 4.78 is 2.14. The Morgan fingerprint density at radius 1 is 1.39 bits per heavy atom. The number of nitrogens with one attached hydrogen (secondary N) is 1. The van der Waals surface area contributed by atoms with Crippen LogP contribution >= 0.6 is 11.8 Å². The Bertz CT molecular complexity index is 347. The molecule has 1 heterocycles. The van der Waals surface area contributed by atoms with Crippen molar-refractivity contribution in [1.82, 2.24) is 15.1 Å². The lowest BCUT2D eigenvalue weighted by molar-refractivity contribution is 0.555. The second-order valence-electron chi connectivity index (χ2n) is 4.87. The van der Waals surface area contributed by atoms with Crippen LogP contribution in [0.3, 0.4) is 0 Å². The number of nitrogens with zero attached hydrogens (tertiary/aromatic N) is 2. The topological polar surface area (TPSA) is 29.9 Å². The van der Waals surface area contributed by atoms with E-state index in [-0.39, 0.29) is 0 Å². The molecular weight excluding hydrogens is 242 g/mol. The van der Waals surface area contributed by atoms with Crippen LogP contribution < -0.4 is 5.32 Å². The van der Waals surface area contributed by atoms with Gasteiger partial charge in [0, 0.05) is 30.5 Å². The van der Waals surface area contributed by atoms with Gasteiger partial charge in [0.15, 0.2) is 0 Å². The van der Waals surface area contributed by atoms with Crippen LogP contribution in [0.4, 0.5) is 0 Å². The Hall–Kier alpha value is -0.480. The van der Waals surface area contributed by atoms with E-state index in [9.17, 15) is 0 Å². The van der Waals surface area contributed by atoms with Gasteiger partial charge in [0.1, 0.15) is 0 Å². The highest BCUT2D eigenvalue weighted by Crippen LogP contribution is 2.14. The van der Waals surface area contributed by atoms with Gasteiger partial charge in [0.25, 0.3) is 0 Å². The van der Waals surface area contributed by atoms with Crippen LogP contribution in [0.1, 0.15) is 39.1 Å². The van der Waals surface area contributed by atoms with Crippen molar-refractivity contribution in [1.29, 1.82) is 0 Å². The fourth-order valence-corrected chi connectivity index (χ4v) is 2.83. The third-order valence-corrected chi connectivity index (χ3v) is 4.33. The number of aromatic nitrogens is 2. The molecule has 1 unspecified atom stereocenters. The first-order valence-electron chi connectivity index (χ1n) is 6.95. The van der Waals surface area contributed by atoms with E-state index in [1.807, 2.05) is 11.8 Å². The van der Waals surface area contributed by atoms with E-state index in [2.05, 4.69) is 55.9 Å². The third-order valence-electron chi connectivity index (χ3n) is 3.07. The lowest BCUT2D eigenvalue weighted by atomic mass is 10.1. The highest BCUT2D eigenvalue weighted by Gasteiger charge is 2.13. The van der Waals surface area contributed by atoms with Crippen molar-refractivity contribution in [2.24, 2.45) is 0 Å². The number of rotatable bonds is 8. The molecule has 104 valence electrons. The first kappa shape index (κ1) is 15.6. The van der Waals surface area contributed by atoms with Gasteiger partial charge in [-0.3, -0.25) is 4.68 Å². The predicted molar refractivity (Wildman–Crippen MR) is 81.4 cm³/mol.